The number of thioether (sulfide) groups is 1. The number of aryl methyl sites for hydroxylation is 1. The average Bonchev–Trinajstić information content (AvgIpc) is 3.29. The molecule has 0 spiro atoms. The molecule has 5 nitrogen and oxygen atoms in total. The first-order valence-electron chi connectivity index (χ1n) is 10.6. The number of aromatic nitrogens is 2. The van der Waals surface area contributed by atoms with Gasteiger partial charge in [-0.25, -0.2) is 0 Å². The lowest BCUT2D eigenvalue weighted by Crippen LogP contribution is -2.38. The molecule has 0 saturated heterocycles. The molecule has 0 atom stereocenters. The molecule has 0 radical (unpaired) electrons. The molecule has 32 heavy (non-hydrogen) atoms. The van der Waals surface area contributed by atoms with Crippen molar-refractivity contribution in [3.63, 3.8) is 0 Å². The van der Waals surface area contributed by atoms with E-state index in [1.807, 2.05) is 29.5 Å². The molecular weight excluding hydrogens is 438 g/mol. The second-order valence-corrected chi connectivity index (χ2v) is 9.70. The molecule has 2 aromatic carbocycles. The van der Waals surface area contributed by atoms with Gasteiger partial charge in [0.15, 0.2) is 0 Å². The second kappa shape index (κ2) is 8.15. The Morgan fingerprint density at radius 2 is 1.91 bits per heavy atom. The number of anilines is 1. The van der Waals surface area contributed by atoms with E-state index in [1.54, 1.807) is 23.9 Å². The molecular formula is C25H24N3O2S2+. The first kappa shape index (κ1) is 20.8. The fraction of sp³-hybridized carbons (Fsp3) is 0.200. The molecule has 0 saturated carbocycles. The molecule has 7 heteroatoms. The van der Waals surface area contributed by atoms with Crippen LogP contribution in [0.15, 0.2) is 64.3 Å². The minimum absolute atomic E-state index is 0.0268. The maximum absolute atomic E-state index is 13.4. The zero-order valence-electron chi connectivity index (χ0n) is 18.2. The van der Waals surface area contributed by atoms with E-state index in [-0.39, 0.29) is 11.3 Å². The van der Waals surface area contributed by atoms with Gasteiger partial charge in [0.2, 0.25) is 11.2 Å². The van der Waals surface area contributed by atoms with E-state index >= 15 is 0 Å². The van der Waals surface area contributed by atoms with E-state index in [2.05, 4.69) is 54.0 Å². The Kier molecular flexibility index (Phi) is 5.31. The summed E-state index contributed by atoms with van der Waals surface area (Å²) in [7, 11) is 1.95. The van der Waals surface area contributed by atoms with Crippen LogP contribution in [0, 0.1) is 0 Å². The van der Waals surface area contributed by atoms with Crippen LogP contribution in [-0.4, -0.2) is 16.7 Å². The molecule has 162 valence electrons. The van der Waals surface area contributed by atoms with Gasteiger partial charge in [0.05, 0.1) is 5.69 Å². The highest BCUT2D eigenvalue weighted by molar-refractivity contribution is 8.08. The first-order valence-corrected chi connectivity index (χ1v) is 12.3. The van der Waals surface area contributed by atoms with Crippen molar-refractivity contribution < 1.29 is 9.67 Å². The third-order valence-corrected chi connectivity index (χ3v) is 8.28. The monoisotopic (exact) mass is 462 g/mol. The van der Waals surface area contributed by atoms with Crippen LogP contribution in [0.4, 0.5) is 5.69 Å². The zero-order valence-corrected chi connectivity index (χ0v) is 19.8. The van der Waals surface area contributed by atoms with Crippen LogP contribution in [-0.2, 0) is 13.1 Å². The molecule has 5 rings (SSSR count). The van der Waals surface area contributed by atoms with Crippen LogP contribution >= 0.6 is 23.1 Å². The fourth-order valence-corrected chi connectivity index (χ4v) is 6.63. The van der Waals surface area contributed by atoms with Gasteiger partial charge in [-0.3, -0.25) is 9.36 Å². The fourth-order valence-electron chi connectivity index (χ4n) is 4.19. The third kappa shape index (κ3) is 3.32. The first-order chi connectivity index (χ1) is 15.5. The summed E-state index contributed by atoms with van der Waals surface area (Å²) < 4.78 is 5.79. The number of hydrogen-bond donors (Lipinski definition) is 1. The summed E-state index contributed by atoms with van der Waals surface area (Å²) in [5.74, 6) is 0.226. The number of phenols is 1. The maximum Gasteiger partial charge on any atom is 0.271 e. The van der Waals surface area contributed by atoms with Crippen molar-refractivity contribution in [3.8, 4) is 5.75 Å². The van der Waals surface area contributed by atoms with Crippen LogP contribution in [0.5, 0.6) is 5.75 Å². The number of para-hydroxylation sites is 1. The maximum atomic E-state index is 13.4. The Hall–Kier alpha value is -3.03. The van der Waals surface area contributed by atoms with Crippen molar-refractivity contribution in [2.45, 2.75) is 31.8 Å². The Balaban J connectivity index is 1.73. The highest BCUT2D eigenvalue weighted by atomic mass is 32.2. The molecule has 0 aliphatic carbocycles. The minimum Gasteiger partial charge on any atom is -0.508 e. The van der Waals surface area contributed by atoms with Gasteiger partial charge in [0.25, 0.3) is 5.56 Å². The minimum atomic E-state index is 0.0268. The van der Waals surface area contributed by atoms with Gasteiger partial charge in [-0.05, 0) is 38.1 Å². The van der Waals surface area contributed by atoms with Crippen molar-refractivity contribution in [1.82, 2.24) is 4.57 Å². The van der Waals surface area contributed by atoms with Crippen molar-refractivity contribution in [2.75, 3.05) is 11.9 Å². The molecule has 4 aromatic rings. The van der Waals surface area contributed by atoms with Crippen LogP contribution in [0.25, 0.3) is 22.0 Å². The Bertz CT molecular complexity index is 1540. The summed E-state index contributed by atoms with van der Waals surface area (Å²) in [6.45, 7) is 5.60. The molecule has 0 fully saturated rings. The predicted molar refractivity (Wildman–Crippen MR) is 133 cm³/mol. The lowest BCUT2D eigenvalue weighted by atomic mass is 10.2. The normalized spacial score (nSPS) is 15.6. The molecule has 1 N–H and O–H groups in total. The number of nitrogens with zero attached hydrogens (tertiary/aromatic N) is 3. The number of fused-ring (bicyclic) bond motifs is 2. The van der Waals surface area contributed by atoms with Crippen molar-refractivity contribution in [1.29, 1.82) is 0 Å². The molecule has 3 heterocycles. The van der Waals surface area contributed by atoms with Gasteiger partial charge in [-0.15, -0.1) is 11.3 Å². The lowest BCUT2D eigenvalue weighted by Gasteiger charge is -2.12. The highest BCUT2D eigenvalue weighted by Crippen LogP contribution is 2.46. The van der Waals surface area contributed by atoms with Crippen molar-refractivity contribution >= 4 is 50.8 Å². The van der Waals surface area contributed by atoms with E-state index in [9.17, 15) is 9.90 Å². The SMILES string of the molecule is CCn1c(=O)/c(=C2\Sc3ccc(O)cc3N2C)s/c1=C/c1ccc2ccccc2[n+]1CC. The number of hydrogen-bond acceptors (Lipinski definition) is 5. The van der Waals surface area contributed by atoms with Crippen LogP contribution in [0.2, 0.25) is 0 Å². The standard InChI is InChI=1S/C25H23N3O2S2/c1-4-27-17(11-10-16-8-6-7-9-19(16)27)14-22-28(5-2)24(30)23(32-22)25-26(3)20-15-18(29)12-13-21(20)31-25/h6-15H,4-5H2,1-3H3/p+1/b25-23+. The topological polar surface area (TPSA) is 49.4 Å². The van der Waals surface area contributed by atoms with Crippen LogP contribution in [0.3, 0.4) is 0 Å². The van der Waals surface area contributed by atoms with Gasteiger partial charge in [0, 0.05) is 48.1 Å². The quantitative estimate of drug-likeness (QED) is 0.475. The van der Waals surface area contributed by atoms with Gasteiger partial charge in [-0.2, -0.15) is 4.57 Å². The zero-order chi connectivity index (χ0) is 22.4. The van der Waals surface area contributed by atoms with Crippen LogP contribution < -0.4 is 24.2 Å². The summed E-state index contributed by atoms with van der Waals surface area (Å²) in [4.78, 5) is 16.4. The molecule has 1 aliphatic heterocycles. The number of pyridine rings is 1. The number of rotatable bonds is 3. The summed E-state index contributed by atoms with van der Waals surface area (Å²) in [6.07, 6.45) is 2.12. The summed E-state index contributed by atoms with van der Waals surface area (Å²) >= 11 is 3.10. The summed E-state index contributed by atoms with van der Waals surface area (Å²) in [6, 6.07) is 18.0. The number of benzene rings is 2. The summed E-state index contributed by atoms with van der Waals surface area (Å²) in [5, 5.41) is 12.0. The average molecular weight is 463 g/mol. The molecule has 1 aliphatic rings. The van der Waals surface area contributed by atoms with Gasteiger partial charge in [-0.1, -0.05) is 23.9 Å². The highest BCUT2D eigenvalue weighted by Gasteiger charge is 2.25. The number of thiazole rings is 1. The molecule has 0 amide bonds. The number of phenolic OH excluding ortho intramolecular Hbond substituents is 1. The molecule has 0 unspecified atom stereocenters. The Labute approximate surface area is 194 Å². The van der Waals surface area contributed by atoms with E-state index in [0.29, 0.717) is 6.54 Å². The Morgan fingerprint density at radius 1 is 1.09 bits per heavy atom. The largest absolute Gasteiger partial charge is 0.508 e. The molecule has 2 aromatic heterocycles. The van der Waals surface area contributed by atoms with Gasteiger partial charge >= 0.3 is 0 Å². The Morgan fingerprint density at radius 3 is 2.69 bits per heavy atom. The molecule has 0 bridgehead atoms. The van der Waals surface area contributed by atoms with Gasteiger partial charge in [0.1, 0.15) is 26.5 Å². The lowest BCUT2D eigenvalue weighted by molar-refractivity contribution is -0.669. The van der Waals surface area contributed by atoms with E-state index in [4.69, 9.17) is 0 Å². The second-order valence-electron chi connectivity index (χ2n) is 7.64. The van der Waals surface area contributed by atoms with E-state index in [0.717, 1.165) is 37.0 Å². The van der Waals surface area contributed by atoms with Crippen molar-refractivity contribution in [3.05, 3.63) is 79.8 Å². The smallest absolute Gasteiger partial charge is 0.271 e. The third-order valence-electron chi connectivity index (χ3n) is 5.80. The summed E-state index contributed by atoms with van der Waals surface area (Å²) in [5.41, 5.74) is 3.21. The van der Waals surface area contributed by atoms with E-state index < -0.39 is 0 Å². The number of aromatic hydroxyl groups is 1. The predicted octanol–water partition coefficient (Wildman–Crippen LogP) is 3.23. The van der Waals surface area contributed by atoms with E-state index in [1.165, 1.54) is 22.2 Å². The van der Waals surface area contributed by atoms with Crippen LogP contribution in [0.1, 0.15) is 19.5 Å². The van der Waals surface area contributed by atoms with Gasteiger partial charge < -0.3 is 10.0 Å². The van der Waals surface area contributed by atoms with Crippen molar-refractivity contribution in [2.24, 2.45) is 0 Å².